The van der Waals surface area contributed by atoms with E-state index in [1.807, 2.05) is 6.08 Å². The molecule has 0 heterocycles. The number of hydrogen-bond donors (Lipinski definition) is 0. The maximum atomic E-state index is 12.3. The molecule has 0 aromatic rings. The highest BCUT2D eigenvalue weighted by Gasteiger charge is 2.17. The van der Waals surface area contributed by atoms with Gasteiger partial charge in [-0.05, 0) is 19.3 Å². The topological polar surface area (TPSA) is 66.4 Å². The van der Waals surface area contributed by atoms with Crippen LogP contribution in [0.1, 0.15) is 155 Å². The molecule has 0 aromatic carbocycles. The number of carboxylic acids is 1. The molecule has 0 N–H and O–H groups in total. The average molecular weight is 480 g/mol. The lowest BCUT2D eigenvalue weighted by Crippen LogP contribution is -2.28. The average Bonchev–Trinajstić information content (AvgIpc) is 2.82. The van der Waals surface area contributed by atoms with Crippen molar-refractivity contribution in [3.05, 3.63) is 12.2 Å². The Balaban J connectivity index is 3.78. The van der Waals surface area contributed by atoms with Crippen molar-refractivity contribution in [2.45, 2.75) is 155 Å². The highest BCUT2D eigenvalue weighted by molar-refractivity contribution is 5.80. The Morgan fingerprint density at radius 2 is 1.06 bits per heavy atom. The van der Waals surface area contributed by atoms with E-state index >= 15 is 0 Å². The van der Waals surface area contributed by atoms with E-state index in [0.717, 1.165) is 25.7 Å². The molecule has 0 saturated heterocycles. The molecule has 0 spiro atoms. The van der Waals surface area contributed by atoms with Crippen molar-refractivity contribution in [3.8, 4) is 0 Å². The van der Waals surface area contributed by atoms with Crippen molar-refractivity contribution < 1.29 is 19.4 Å². The molecule has 200 valence electrons. The fourth-order valence-electron chi connectivity index (χ4n) is 4.29. The fraction of sp³-hybridized carbons (Fsp3) is 0.867. The molecular formula is C30H55O4-. The van der Waals surface area contributed by atoms with E-state index in [1.54, 1.807) is 6.08 Å². The van der Waals surface area contributed by atoms with Gasteiger partial charge < -0.3 is 14.6 Å². The van der Waals surface area contributed by atoms with Gasteiger partial charge in [0.2, 0.25) is 0 Å². The van der Waals surface area contributed by atoms with Gasteiger partial charge in [-0.2, -0.15) is 0 Å². The SMILES string of the molecule is CCCCCCCCCCC=CC(CC(=O)[O-])C(=O)OCCCCCCCCCCCCCC. The van der Waals surface area contributed by atoms with Gasteiger partial charge in [0.05, 0.1) is 12.5 Å². The van der Waals surface area contributed by atoms with Crippen LogP contribution in [0.25, 0.3) is 0 Å². The number of carbonyl (C=O) groups excluding carboxylic acids is 2. The Labute approximate surface area is 211 Å². The minimum absolute atomic E-state index is 0.300. The molecule has 0 radical (unpaired) electrons. The first kappa shape index (κ1) is 32.7. The molecule has 0 aliphatic rings. The third kappa shape index (κ3) is 23.8. The zero-order valence-corrected chi connectivity index (χ0v) is 22.6. The second kappa shape index (κ2) is 26.3. The van der Waals surface area contributed by atoms with Gasteiger partial charge >= 0.3 is 5.97 Å². The molecule has 4 nitrogen and oxygen atoms in total. The normalized spacial score (nSPS) is 12.3. The molecule has 0 saturated carbocycles. The molecule has 0 aliphatic heterocycles. The minimum atomic E-state index is -1.20. The predicted octanol–water partition coefficient (Wildman–Crippen LogP) is 8.07. The molecular weight excluding hydrogens is 424 g/mol. The van der Waals surface area contributed by atoms with Crippen LogP contribution < -0.4 is 5.11 Å². The summed E-state index contributed by atoms with van der Waals surface area (Å²) in [6, 6.07) is 0. The number of unbranched alkanes of at least 4 members (excludes halogenated alkanes) is 19. The number of carbonyl (C=O) groups is 2. The standard InChI is InChI=1S/C30H56O4/c1-3-5-7-9-11-13-15-16-18-20-22-24-26-34-30(33)28(27-29(31)32)25-23-21-19-17-14-12-10-8-6-4-2/h23,25,28H,3-22,24,26-27H2,1-2H3,(H,31,32)/p-1. The summed E-state index contributed by atoms with van der Waals surface area (Å²) in [7, 11) is 0. The van der Waals surface area contributed by atoms with E-state index < -0.39 is 17.9 Å². The van der Waals surface area contributed by atoms with Crippen molar-refractivity contribution in [3.63, 3.8) is 0 Å². The summed E-state index contributed by atoms with van der Waals surface area (Å²) >= 11 is 0. The van der Waals surface area contributed by atoms with Crippen LogP contribution in [0.15, 0.2) is 12.2 Å². The number of allylic oxidation sites excluding steroid dienone is 1. The van der Waals surface area contributed by atoms with E-state index in [0.29, 0.717) is 6.61 Å². The summed E-state index contributed by atoms with van der Waals surface area (Å²) in [4.78, 5) is 23.3. The summed E-state index contributed by atoms with van der Waals surface area (Å²) in [5.74, 6) is -2.36. The van der Waals surface area contributed by atoms with Gasteiger partial charge in [0.25, 0.3) is 0 Å². The first-order valence-electron chi connectivity index (χ1n) is 14.6. The zero-order valence-electron chi connectivity index (χ0n) is 22.6. The molecule has 0 bridgehead atoms. The van der Waals surface area contributed by atoms with Gasteiger partial charge in [0.1, 0.15) is 0 Å². The van der Waals surface area contributed by atoms with E-state index in [1.165, 1.54) is 109 Å². The van der Waals surface area contributed by atoms with Crippen molar-refractivity contribution in [2.75, 3.05) is 6.61 Å². The molecule has 0 rings (SSSR count). The molecule has 1 unspecified atom stereocenters. The Kier molecular flexibility index (Phi) is 25.3. The first-order chi connectivity index (χ1) is 16.6. The molecule has 0 fully saturated rings. The zero-order chi connectivity index (χ0) is 25.1. The minimum Gasteiger partial charge on any atom is -0.550 e. The van der Waals surface area contributed by atoms with Crippen LogP contribution >= 0.6 is 0 Å². The van der Waals surface area contributed by atoms with Crippen LogP contribution in [0.3, 0.4) is 0 Å². The van der Waals surface area contributed by atoms with Gasteiger partial charge in [-0.15, -0.1) is 0 Å². The second-order valence-corrected chi connectivity index (χ2v) is 9.93. The molecule has 34 heavy (non-hydrogen) atoms. The van der Waals surface area contributed by atoms with Crippen molar-refractivity contribution in [2.24, 2.45) is 5.92 Å². The van der Waals surface area contributed by atoms with Crippen molar-refractivity contribution >= 4 is 11.9 Å². The van der Waals surface area contributed by atoms with E-state index in [9.17, 15) is 14.7 Å². The third-order valence-corrected chi connectivity index (χ3v) is 6.52. The van der Waals surface area contributed by atoms with Crippen LogP contribution in [0.5, 0.6) is 0 Å². The van der Waals surface area contributed by atoms with Gasteiger partial charge in [0.15, 0.2) is 0 Å². The van der Waals surface area contributed by atoms with Crippen LogP contribution in [0, 0.1) is 5.92 Å². The lowest BCUT2D eigenvalue weighted by Gasteiger charge is -2.13. The summed E-state index contributed by atoms with van der Waals surface area (Å²) in [5, 5.41) is 11.0. The smallest absolute Gasteiger partial charge is 0.313 e. The predicted molar refractivity (Wildman–Crippen MR) is 142 cm³/mol. The first-order valence-corrected chi connectivity index (χ1v) is 14.6. The highest BCUT2D eigenvalue weighted by atomic mass is 16.5. The number of rotatable bonds is 26. The molecule has 0 aliphatic carbocycles. The summed E-state index contributed by atoms with van der Waals surface area (Å²) < 4.78 is 5.36. The lowest BCUT2D eigenvalue weighted by atomic mass is 10.0. The molecule has 4 heteroatoms. The van der Waals surface area contributed by atoms with Crippen molar-refractivity contribution in [1.82, 2.24) is 0 Å². The maximum absolute atomic E-state index is 12.3. The van der Waals surface area contributed by atoms with Crippen molar-refractivity contribution in [1.29, 1.82) is 0 Å². The largest absolute Gasteiger partial charge is 0.550 e. The lowest BCUT2D eigenvalue weighted by molar-refractivity contribution is -0.306. The Hall–Kier alpha value is -1.32. The second-order valence-electron chi connectivity index (χ2n) is 9.93. The molecule has 0 aromatic heterocycles. The maximum Gasteiger partial charge on any atom is 0.313 e. The van der Waals surface area contributed by atoms with E-state index in [4.69, 9.17) is 4.74 Å². The van der Waals surface area contributed by atoms with Crippen LogP contribution in [-0.4, -0.2) is 18.5 Å². The Morgan fingerprint density at radius 1 is 0.647 bits per heavy atom. The van der Waals surface area contributed by atoms with Crippen LogP contribution in [0.4, 0.5) is 0 Å². The van der Waals surface area contributed by atoms with Crippen LogP contribution in [0.2, 0.25) is 0 Å². The fourth-order valence-corrected chi connectivity index (χ4v) is 4.29. The quantitative estimate of drug-likeness (QED) is 0.0714. The molecule has 0 amide bonds. The van der Waals surface area contributed by atoms with Crippen LogP contribution in [-0.2, 0) is 14.3 Å². The van der Waals surface area contributed by atoms with E-state index in [-0.39, 0.29) is 6.42 Å². The van der Waals surface area contributed by atoms with Gasteiger partial charge in [-0.3, -0.25) is 4.79 Å². The summed E-state index contributed by atoms with van der Waals surface area (Å²) in [6.07, 6.45) is 29.4. The monoisotopic (exact) mass is 479 g/mol. The summed E-state index contributed by atoms with van der Waals surface area (Å²) in [5.41, 5.74) is 0. The third-order valence-electron chi connectivity index (χ3n) is 6.52. The number of carboxylic acid groups (broad SMARTS) is 1. The number of esters is 1. The number of aliphatic carboxylic acids is 1. The summed E-state index contributed by atoms with van der Waals surface area (Å²) in [6.45, 7) is 4.87. The van der Waals surface area contributed by atoms with E-state index in [2.05, 4.69) is 13.8 Å². The van der Waals surface area contributed by atoms with Gasteiger partial charge in [-0.25, -0.2) is 0 Å². The number of ether oxygens (including phenoxy) is 1. The van der Waals surface area contributed by atoms with Gasteiger partial charge in [0, 0.05) is 12.4 Å². The Morgan fingerprint density at radius 3 is 1.50 bits per heavy atom. The molecule has 1 atom stereocenters. The Bertz CT molecular complexity index is 486. The number of hydrogen-bond acceptors (Lipinski definition) is 4. The van der Waals surface area contributed by atoms with Gasteiger partial charge in [-0.1, -0.05) is 142 Å². The highest BCUT2D eigenvalue weighted by Crippen LogP contribution is 2.14.